The second-order valence-electron chi connectivity index (χ2n) is 9.27. The highest BCUT2D eigenvalue weighted by Crippen LogP contribution is 2.35. The van der Waals surface area contributed by atoms with E-state index in [0.29, 0.717) is 71.9 Å². The van der Waals surface area contributed by atoms with Crippen LogP contribution in [0.25, 0.3) is 0 Å². The molecule has 0 saturated carbocycles. The number of aromatic nitrogens is 2. The number of fused-ring (bicyclic) bond motifs is 1. The van der Waals surface area contributed by atoms with E-state index in [4.69, 9.17) is 27.9 Å². The highest BCUT2D eigenvalue weighted by molar-refractivity contribution is 6.36. The summed E-state index contributed by atoms with van der Waals surface area (Å²) >= 11 is 12.6. The van der Waals surface area contributed by atoms with E-state index in [1.54, 1.807) is 25.3 Å². The predicted molar refractivity (Wildman–Crippen MR) is 148 cm³/mol. The fraction of sp³-hybridized carbons (Fsp3) is 0.346. The van der Waals surface area contributed by atoms with Crippen LogP contribution in [0.5, 0.6) is 5.75 Å². The molecule has 1 fully saturated rings. The van der Waals surface area contributed by atoms with E-state index < -0.39 is 5.82 Å². The minimum absolute atomic E-state index is 0.00823. The number of methoxy groups -OCH3 is 1. The Balaban J connectivity index is 1.37. The average Bonchev–Trinajstić information content (AvgIpc) is 2.93. The van der Waals surface area contributed by atoms with Gasteiger partial charge in [-0.05, 0) is 37.4 Å². The van der Waals surface area contributed by atoms with E-state index in [0.717, 1.165) is 18.8 Å². The maximum absolute atomic E-state index is 14.1. The van der Waals surface area contributed by atoms with Crippen molar-refractivity contribution in [1.29, 1.82) is 0 Å². The molecule has 5 rings (SSSR count). The summed E-state index contributed by atoms with van der Waals surface area (Å²) in [6.07, 6.45) is 0. The van der Waals surface area contributed by atoms with Gasteiger partial charge in [0.05, 0.1) is 23.5 Å². The number of likely N-dealkylation sites (N-methyl/N-ethyl adjacent to an activating group) is 1. The first-order valence-electron chi connectivity index (χ1n) is 12.3. The molecule has 0 bridgehead atoms. The van der Waals surface area contributed by atoms with Crippen LogP contribution in [0, 0.1) is 5.82 Å². The second kappa shape index (κ2) is 11.2. The van der Waals surface area contributed by atoms with Crippen molar-refractivity contribution in [3.63, 3.8) is 0 Å². The van der Waals surface area contributed by atoms with Gasteiger partial charge in [-0.1, -0.05) is 23.2 Å². The number of anilines is 4. The summed E-state index contributed by atoms with van der Waals surface area (Å²) in [5.74, 6) is 1.06. The van der Waals surface area contributed by atoms with E-state index >= 15 is 0 Å². The number of hydrogen-bond acceptors (Lipinski definition) is 8. The van der Waals surface area contributed by atoms with Gasteiger partial charge in [0, 0.05) is 68.0 Å². The van der Waals surface area contributed by atoms with Gasteiger partial charge in [0.1, 0.15) is 11.6 Å². The van der Waals surface area contributed by atoms with Gasteiger partial charge in [0.25, 0.3) is 5.91 Å². The van der Waals surface area contributed by atoms with Gasteiger partial charge in [-0.2, -0.15) is 0 Å². The summed E-state index contributed by atoms with van der Waals surface area (Å²) in [5, 5.41) is 15.5. The highest BCUT2D eigenvalue weighted by atomic mass is 35.5. The molecule has 3 heterocycles. The lowest BCUT2D eigenvalue weighted by atomic mass is 10.1. The molecule has 1 saturated heterocycles. The Labute approximate surface area is 230 Å². The molecule has 0 radical (unpaired) electrons. The first-order chi connectivity index (χ1) is 18.3. The minimum atomic E-state index is -0.515. The molecule has 2 aliphatic rings. The Morgan fingerprint density at radius 1 is 1.11 bits per heavy atom. The first-order valence-corrected chi connectivity index (χ1v) is 13.0. The number of benzene rings is 2. The fourth-order valence-corrected chi connectivity index (χ4v) is 5.06. The van der Waals surface area contributed by atoms with Gasteiger partial charge < -0.3 is 30.1 Å². The summed E-state index contributed by atoms with van der Waals surface area (Å²) < 4.78 is 19.7. The minimum Gasteiger partial charge on any atom is -0.495 e. The Kier molecular flexibility index (Phi) is 7.73. The molecule has 0 unspecified atom stereocenters. The number of rotatable bonds is 6. The number of carbonyl (C=O) groups is 1. The largest absolute Gasteiger partial charge is 0.495 e. The van der Waals surface area contributed by atoms with Crippen LogP contribution in [0.4, 0.5) is 27.4 Å². The zero-order valence-corrected chi connectivity index (χ0v) is 22.6. The van der Waals surface area contributed by atoms with Crippen molar-refractivity contribution in [3.8, 4) is 5.75 Å². The normalized spacial score (nSPS) is 15.6. The summed E-state index contributed by atoms with van der Waals surface area (Å²) in [5.41, 5.74) is 2.48. The van der Waals surface area contributed by atoms with Crippen molar-refractivity contribution < 1.29 is 13.9 Å². The number of ether oxygens (including phenoxy) is 1. The second-order valence-corrected chi connectivity index (χ2v) is 10.1. The lowest BCUT2D eigenvalue weighted by Crippen LogP contribution is -2.47. The number of halogens is 3. The zero-order chi connectivity index (χ0) is 26.8. The summed E-state index contributed by atoms with van der Waals surface area (Å²) in [6.45, 7) is 4.66. The van der Waals surface area contributed by atoms with Crippen LogP contribution in [0.3, 0.4) is 0 Å². The van der Waals surface area contributed by atoms with Gasteiger partial charge in [-0.15, -0.1) is 10.2 Å². The van der Waals surface area contributed by atoms with Crippen molar-refractivity contribution in [2.45, 2.75) is 6.54 Å². The molecular weight excluding hydrogens is 532 g/mol. The Bertz CT molecular complexity index is 1350. The third-order valence-corrected chi connectivity index (χ3v) is 7.54. The highest BCUT2D eigenvalue weighted by Gasteiger charge is 2.24. The van der Waals surface area contributed by atoms with E-state index in [1.807, 2.05) is 15.9 Å². The number of carbonyl (C=O) groups excluding carboxylic acids is 1. The van der Waals surface area contributed by atoms with Gasteiger partial charge in [-0.3, -0.25) is 4.79 Å². The van der Waals surface area contributed by atoms with E-state index in [-0.39, 0.29) is 10.9 Å². The third kappa shape index (κ3) is 5.43. The van der Waals surface area contributed by atoms with Gasteiger partial charge >= 0.3 is 0 Å². The number of amides is 1. The molecule has 1 amide bonds. The molecule has 3 aromatic rings. The van der Waals surface area contributed by atoms with Gasteiger partial charge in [-0.25, -0.2) is 4.39 Å². The lowest BCUT2D eigenvalue weighted by Gasteiger charge is -2.32. The molecular formula is C26H28Cl2FN7O2. The van der Waals surface area contributed by atoms with E-state index in [2.05, 4.69) is 32.8 Å². The van der Waals surface area contributed by atoms with Gasteiger partial charge in [0.15, 0.2) is 11.6 Å². The molecule has 0 spiro atoms. The number of nitrogens with zero attached hydrogens (tertiary/aromatic N) is 5. The quantitative estimate of drug-likeness (QED) is 0.427. The summed E-state index contributed by atoms with van der Waals surface area (Å²) in [6, 6.07) is 9.91. The summed E-state index contributed by atoms with van der Waals surface area (Å²) in [4.78, 5) is 19.1. The average molecular weight is 560 g/mol. The van der Waals surface area contributed by atoms with Crippen molar-refractivity contribution >= 4 is 52.1 Å². The Hall–Kier alpha value is -3.34. The topological polar surface area (TPSA) is 85.9 Å². The molecule has 2 aromatic carbocycles. The molecule has 200 valence electrons. The molecule has 0 atom stereocenters. The van der Waals surface area contributed by atoms with Crippen LogP contribution in [0.2, 0.25) is 10.0 Å². The SMILES string of the molecule is COc1cc(C(=O)N2CCN(C)CC2)ccc1Nc1cc2c(nn1)NCCN2Cc1c(Cl)ccc(F)c1Cl. The van der Waals surface area contributed by atoms with Crippen LogP contribution in [-0.4, -0.2) is 79.3 Å². The van der Waals surface area contributed by atoms with Crippen molar-refractivity contribution in [2.24, 2.45) is 0 Å². The molecule has 12 heteroatoms. The monoisotopic (exact) mass is 559 g/mol. The molecule has 2 N–H and O–H groups in total. The first kappa shape index (κ1) is 26.3. The van der Waals surface area contributed by atoms with Crippen LogP contribution >= 0.6 is 23.2 Å². The number of hydrogen-bond donors (Lipinski definition) is 2. The molecule has 0 aliphatic carbocycles. The lowest BCUT2D eigenvalue weighted by molar-refractivity contribution is 0.0664. The fourth-order valence-electron chi connectivity index (χ4n) is 4.57. The van der Waals surface area contributed by atoms with Crippen molar-refractivity contribution in [2.75, 3.05) is 69.0 Å². The Morgan fingerprint density at radius 2 is 1.89 bits per heavy atom. The standard InChI is InChI=1S/C26H28Cl2FN7O2/c1-34-9-11-35(12-10-34)26(37)16-3-6-20(22(13-16)38-2)31-23-14-21-25(33-32-23)30-7-8-36(21)15-17-18(27)4-5-19(29)24(17)28/h3-6,13-14H,7-12,15H2,1-2H3,(H,30,33)(H,31,32). The van der Waals surface area contributed by atoms with Crippen LogP contribution in [-0.2, 0) is 6.54 Å². The van der Waals surface area contributed by atoms with Crippen molar-refractivity contribution in [3.05, 3.63) is 63.4 Å². The zero-order valence-electron chi connectivity index (χ0n) is 21.1. The number of nitrogens with one attached hydrogen (secondary N) is 2. The van der Waals surface area contributed by atoms with Crippen LogP contribution in [0.15, 0.2) is 36.4 Å². The van der Waals surface area contributed by atoms with Crippen LogP contribution < -0.4 is 20.3 Å². The molecule has 38 heavy (non-hydrogen) atoms. The van der Waals surface area contributed by atoms with Crippen LogP contribution in [0.1, 0.15) is 15.9 Å². The van der Waals surface area contributed by atoms with E-state index in [1.165, 1.54) is 12.1 Å². The maximum atomic E-state index is 14.1. The third-order valence-electron chi connectivity index (χ3n) is 6.78. The molecule has 2 aliphatic heterocycles. The van der Waals surface area contributed by atoms with Crippen molar-refractivity contribution in [1.82, 2.24) is 20.0 Å². The molecule has 1 aromatic heterocycles. The molecule has 9 nitrogen and oxygen atoms in total. The number of piperazine rings is 1. The smallest absolute Gasteiger partial charge is 0.254 e. The van der Waals surface area contributed by atoms with Gasteiger partial charge in [0.2, 0.25) is 0 Å². The Morgan fingerprint density at radius 3 is 2.66 bits per heavy atom. The predicted octanol–water partition coefficient (Wildman–Crippen LogP) is 4.49. The maximum Gasteiger partial charge on any atom is 0.254 e. The van der Waals surface area contributed by atoms with E-state index in [9.17, 15) is 9.18 Å². The summed E-state index contributed by atoms with van der Waals surface area (Å²) in [7, 11) is 3.61.